The third-order valence-corrected chi connectivity index (χ3v) is 5.97. The van der Waals surface area contributed by atoms with Crippen LogP contribution in [0.2, 0.25) is 0 Å². The summed E-state index contributed by atoms with van der Waals surface area (Å²) in [5, 5.41) is 12.4. The number of hydrogen-bond donors (Lipinski definition) is 2. The van der Waals surface area contributed by atoms with E-state index in [-0.39, 0.29) is 10.0 Å². The lowest BCUT2D eigenvalue weighted by atomic mass is 10.2. The topological polar surface area (TPSA) is 110 Å². The minimum absolute atomic E-state index is 0.104. The fourth-order valence-electron chi connectivity index (χ4n) is 2.05. The number of anilines is 3. The van der Waals surface area contributed by atoms with Crippen LogP contribution >= 0.6 is 11.3 Å². The largest absolute Gasteiger partial charge is 0.465 e. The van der Waals surface area contributed by atoms with Gasteiger partial charge >= 0.3 is 5.97 Å². The van der Waals surface area contributed by atoms with Crippen molar-refractivity contribution in [1.29, 1.82) is 0 Å². The van der Waals surface area contributed by atoms with E-state index in [4.69, 9.17) is 0 Å². The molecule has 8 nitrogen and oxygen atoms in total. The maximum Gasteiger partial charge on any atom is 0.337 e. The van der Waals surface area contributed by atoms with Gasteiger partial charge in [-0.05, 0) is 41.8 Å². The van der Waals surface area contributed by atoms with Gasteiger partial charge in [0.25, 0.3) is 10.0 Å². The molecule has 3 aromatic rings. The molecular formula is C16H14N4O4S2. The van der Waals surface area contributed by atoms with Gasteiger partial charge in [-0.25, -0.2) is 13.2 Å². The van der Waals surface area contributed by atoms with Gasteiger partial charge in [0.2, 0.25) is 0 Å². The summed E-state index contributed by atoms with van der Waals surface area (Å²) in [4.78, 5) is 11.6. The quantitative estimate of drug-likeness (QED) is 0.623. The van der Waals surface area contributed by atoms with Crippen molar-refractivity contribution >= 4 is 44.7 Å². The molecule has 0 atom stereocenters. The third-order valence-electron chi connectivity index (χ3n) is 3.22. The van der Waals surface area contributed by atoms with Crippen LogP contribution in [0.1, 0.15) is 10.4 Å². The number of carbonyl (C=O) groups excluding carboxylic acids is 1. The lowest BCUT2D eigenvalue weighted by molar-refractivity contribution is 0.0601. The van der Waals surface area contributed by atoms with E-state index in [9.17, 15) is 13.2 Å². The number of hydrogen-bond acceptors (Lipinski definition) is 8. The highest BCUT2D eigenvalue weighted by atomic mass is 32.2. The molecule has 2 heterocycles. The van der Waals surface area contributed by atoms with Crippen molar-refractivity contribution in [3.8, 4) is 0 Å². The number of esters is 1. The maximum absolute atomic E-state index is 12.1. The number of nitrogens with one attached hydrogen (secondary N) is 2. The molecule has 2 aromatic heterocycles. The molecule has 0 aliphatic rings. The van der Waals surface area contributed by atoms with Crippen LogP contribution in [0.25, 0.3) is 0 Å². The molecule has 1 aromatic carbocycles. The predicted octanol–water partition coefficient (Wildman–Crippen LogP) is 2.87. The van der Waals surface area contributed by atoms with E-state index >= 15 is 0 Å². The van der Waals surface area contributed by atoms with Gasteiger partial charge in [-0.15, -0.1) is 21.5 Å². The highest BCUT2D eigenvalue weighted by Gasteiger charge is 2.16. The van der Waals surface area contributed by atoms with Crippen LogP contribution < -0.4 is 10.0 Å². The first-order valence-electron chi connectivity index (χ1n) is 7.33. The average Bonchev–Trinajstić information content (AvgIpc) is 3.18. The van der Waals surface area contributed by atoms with Crippen molar-refractivity contribution in [3.63, 3.8) is 0 Å². The lowest BCUT2D eigenvalue weighted by Crippen LogP contribution is -2.13. The van der Waals surface area contributed by atoms with E-state index in [1.165, 1.54) is 19.2 Å². The summed E-state index contributed by atoms with van der Waals surface area (Å²) in [6.07, 6.45) is 0. The fourth-order valence-corrected chi connectivity index (χ4v) is 4.04. The Morgan fingerprint density at radius 1 is 1.08 bits per heavy atom. The molecule has 26 heavy (non-hydrogen) atoms. The molecule has 0 fully saturated rings. The molecule has 134 valence electrons. The second-order valence-corrected chi connectivity index (χ2v) is 7.90. The number of methoxy groups -OCH3 is 1. The van der Waals surface area contributed by atoms with Crippen molar-refractivity contribution in [2.45, 2.75) is 4.21 Å². The molecule has 0 amide bonds. The van der Waals surface area contributed by atoms with Crippen molar-refractivity contribution in [3.05, 3.63) is 59.5 Å². The fraction of sp³-hybridized carbons (Fsp3) is 0.0625. The second-order valence-electron chi connectivity index (χ2n) is 5.04. The Kier molecular flexibility index (Phi) is 5.14. The molecular weight excluding hydrogens is 376 g/mol. The van der Waals surface area contributed by atoms with Gasteiger partial charge in [-0.2, -0.15) is 0 Å². The zero-order valence-electron chi connectivity index (χ0n) is 13.5. The molecule has 0 aliphatic carbocycles. The van der Waals surface area contributed by atoms with E-state index in [1.54, 1.807) is 41.8 Å². The molecule has 10 heteroatoms. The SMILES string of the molecule is COC(=O)c1cccc(Nc2ccc(NS(=O)(=O)c3cccs3)nn2)c1. The van der Waals surface area contributed by atoms with Gasteiger partial charge in [-0.1, -0.05) is 12.1 Å². The molecule has 0 aliphatic heterocycles. The van der Waals surface area contributed by atoms with Crippen LogP contribution in [0, 0.1) is 0 Å². The van der Waals surface area contributed by atoms with Crippen LogP contribution in [0.4, 0.5) is 17.3 Å². The Hall–Kier alpha value is -2.98. The Morgan fingerprint density at radius 3 is 2.50 bits per heavy atom. The van der Waals surface area contributed by atoms with Crippen molar-refractivity contribution < 1.29 is 17.9 Å². The first-order chi connectivity index (χ1) is 12.5. The van der Waals surface area contributed by atoms with Gasteiger partial charge in [-0.3, -0.25) is 4.72 Å². The maximum atomic E-state index is 12.1. The summed E-state index contributed by atoms with van der Waals surface area (Å²) < 4.78 is 31.5. The van der Waals surface area contributed by atoms with Gasteiger partial charge in [0, 0.05) is 5.69 Å². The van der Waals surface area contributed by atoms with Crippen LogP contribution in [0.3, 0.4) is 0 Å². The zero-order chi connectivity index (χ0) is 18.6. The van der Waals surface area contributed by atoms with Crippen LogP contribution in [0.5, 0.6) is 0 Å². The van der Waals surface area contributed by atoms with Gasteiger partial charge < -0.3 is 10.1 Å². The molecule has 0 saturated carbocycles. The van der Waals surface area contributed by atoms with E-state index in [2.05, 4.69) is 25.0 Å². The average molecular weight is 390 g/mol. The Labute approximate surface area is 153 Å². The summed E-state index contributed by atoms with van der Waals surface area (Å²) in [6.45, 7) is 0. The molecule has 0 spiro atoms. The molecule has 0 bridgehead atoms. The predicted molar refractivity (Wildman–Crippen MR) is 98.2 cm³/mol. The van der Waals surface area contributed by atoms with Gasteiger partial charge in [0.15, 0.2) is 11.6 Å². The third kappa shape index (κ3) is 4.16. The van der Waals surface area contributed by atoms with Crippen LogP contribution in [-0.2, 0) is 14.8 Å². The number of rotatable bonds is 6. The Balaban J connectivity index is 1.71. The minimum atomic E-state index is -3.67. The summed E-state index contributed by atoms with van der Waals surface area (Å²) in [6, 6.07) is 12.9. The molecule has 2 N–H and O–H groups in total. The van der Waals surface area contributed by atoms with Crippen LogP contribution in [-0.4, -0.2) is 31.7 Å². The Bertz CT molecular complexity index is 1000. The highest BCUT2D eigenvalue weighted by Crippen LogP contribution is 2.20. The molecule has 0 radical (unpaired) electrons. The Morgan fingerprint density at radius 2 is 1.85 bits per heavy atom. The summed E-state index contributed by atoms with van der Waals surface area (Å²) in [5.41, 5.74) is 1.01. The first-order valence-corrected chi connectivity index (χ1v) is 9.70. The van der Waals surface area contributed by atoms with Crippen molar-refractivity contribution in [2.24, 2.45) is 0 Å². The monoisotopic (exact) mass is 390 g/mol. The van der Waals surface area contributed by atoms with Crippen molar-refractivity contribution in [1.82, 2.24) is 10.2 Å². The molecule has 0 saturated heterocycles. The van der Waals surface area contributed by atoms with Gasteiger partial charge in [0.1, 0.15) is 4.21 Å². The summed E-state index contributed by atoms with van der Waals surface area (Å²) >= 11 is 1.11. The second kappa shape index (κ2) is 7.50. The highest BCUT2D eigenvalue weighted by molar-refractivity contribution is 7.94. The van der Waals surface area contributed by atoms with Gasteiger partial charge in [0.05, 0.1) is 12.7 Å². The molecule has 0 unspecified atom stereocenters. The number of sulfonamides is 1. The standard InChI is InChI=1S/C16H14N4O4S2/c1-24-16(21)11-4-2-5-12(10-11)17-13-7-8-14(19-18-13)20-26(22,23)15-6-3-9-25-15/h2-10H,1H3,(H,17,18)(H,19,20). The number of carbonyl (C=O) groups is 1. The molecule has 3 rings (SSSR count). The number of thiophene rings is 1. The number of nitrogens with zero attached hydrogens (tertiary/aromatic N) is 2. The normalized spacial score (nSPS) is 11.0. The van der Waals surface area contributed by atoms with Crippen molar-refractivity contribution in [2.75, 3.05) is 17.1 Å². The van der Waals surface area contributed by atoms with E-state index in [0.717, 1.165) is 11.3 Å². The zero-order valence-corrected chi connectivity index (χ0v) is 15.2. The van der Waals surface area contributed by atoms with E-state index < -0.39 is 16.0 Å². The summed E-state index contributed by atoms with van der Waals surface area (Å²) in [7, 11) is -2.36. The number of aromatic nitrogens is 2. The smallest absolute Gasteiger partial charge is 0.337 e. The number of ether oxygens (including phenoxy) is 1. The van der Waals surface area contributed by atoms with E-state index in [0.29, 0.717) is 17.1 Å². The van der Waals surface area contributed by atoms with Crippen LogP contribution in [0.15, 0.2) is 58.1 Å². The minimum Gasteiger partial charge on any atom is -0.465 e. The summed E-state index contributed by atoms with van der Waals surface area (Å²) in [5.74, 6) is 0.0522. The van der Waals surface area contributed by atoms with E-state index in [1.807, 2.05) is 0 Å². The first kappa shape index (κ1) is 17.8. The lowest BCUT2D eigenvalue weighted by Gasteiger charge is -2.08. The number of benzene rings is 1.